The molecule has 21 heteroatoms. The maximum atomic E-state index is 12.7. The highest BCUT2D eigenvalue weighted by atomic mass is 16.4. The molecule has 0 rings (SSSR count). The summed E-state index contributed by atoms with van der Waals surface area (Å²) in [6, 6.07) is -6.30. The number of aliphatic hydroxyl groups excluding tert-OH is 1. The van der Waals surface area contributed by atoms with E-state index in [0.29, 0.717) is 0 Å². The molecule has 0 unspecified atom stereocenters. The molecule has 0 fully saturated rings. The zero-order valence-electron chi connectivity index (χ0n) is 22.2. The lowest BCUT2D eigenvalue weighted by molar-refractivity contribution is -0.142. The highest BCUT2D eigenvalue weighted by molar-refractivity contribution is 5.96. The van der Waals surface area contributed by atoms with Crippen LogP contribution in [0.25, 0.3) is 0 Å². The Bertz CT molecular complexity index is 1050. The topological polar surface area (TPSA) is 368 Å². The molecule has 0 aliphatic heterocycles. The highest BCUT2D eigenvalue weighted by Crippen LogP contribution is 2.01. The van der Waals surface area contributed by atoms with Gasteiger partial charge in [0.25, 0.3) is 0 Å². The molecule has 5 amide bonds. The number of hydrogen-bond acceptors (Lipinski definition) is 11. The van der Waals surface area contributed by atoms with Crippen LogP contribution in [0.15, 0.2) is 4.99 Å². The van der Waals surface area contributed by atoms with Gasteiger partial charge >= 0.3 is 17.9 Å². The van der Waals surface area contributed by atoms with Crippen LogP contribution in [0.5, 0.6) is 0 Å². The van der Waals surface area contributed by atoms with E-state index in [1.807, 2.05) is 16.0 Å². The molecular formula is C21H35N9O12. The minimum Gasteiger partial charge on any atom is -0.481 e. The Balaban J connectivity index is 5.36. The number of carbonyl (C=O) groups excluding carboxylic acids is 5. The Morgan fingerprint density at radius 2 is 1.21 bits per heavy atom. The molecule has 42 heavy (non-hydrogen) atoms. The fourth-order valence-corrected chi connectivity index (χ4v) is 3.00. The van der Waals surface area contributed by atoms with Crippen molar-refractivity contribution >= 4 is 53.4 Å². The number of nitrogens with two attached hydrogens (primary N) is 3. The van der Waals surface area contributed by atoms with Gasteiger partial charge in [-0.3, -0.25) is 43.3 Å². The van der Waals surface area contributed by atoms with Gasteiger partial charge in [-0.05, 0) is 12.8 Å². The second-order valence-corrected chi connectivity index (χ2v) is 8.51. The number of carbonyl (C=O) groups is 8. The fourth-order valence-electron chi connectivity index (χ4n) is 3.00. The Kier molecular flexibility index (Phi) is 16.8. The van der Waals surface area contributed by atoms with Gasteiger partial charge in [-0.1, -0.05) is 0 Å². The largest absolute Gasteiger partial charge is 0.481 e. The van der Waals surface area contributed by atoms with E-state index in [1.165, 1.54) is 0 Å². The molecule has 4 atom stereocenters. The Labute approximate surface area is 237 Å². The molecular weight excluding hydrogens is 570 g/mol. The van der Waals surface area contributed by atoms with E-state index in [2.05, 4.69) is 15.6 Å². The number of carboxylic acid groups (broad SMARTS) is 3. The maximum absolute atomic E-state index is 12.7. The summed E-state index contributed by atoms with van der Waals surface area (Å²) in [5, 5.41) is 46.2. The second-order valence-electron chi connectivity index (χ2n) is 8.51. The molecule has 236 valence electrons. The van der Waals surface area contributed by atoms with E-state index in [1.54, 1.807) is 0 Å². The van der Waals surface area contributed by atoms with Gasteiger partial charge in [0, 0.05) is 6.54 Å². The number of rotatable bonds is 20. The quantitative estimate of drug-likeness (QED) is 0.0348. The van der Waals surface area contributed by atoms with E-state index < -0.39 is 104 Å². The third-order valence-corrected chi connectivity index (χ3v) is 4.99. The predicted molar refractivity (Wildman–Crippen MR) is 139 cm³/mol. The second kappa shape index (κ2) is 19.1. The van der Waals surface area contributed by atoms with E-state index in [0.717, 1.165) is 0 Å². The van der Waals surface area contributed by atoms with E-state index in [-0.39, 0.29) is 25.3 Å². The van der Waals surface area contributed by atoms with Crippen LogP contribution in [-0.2, 0) is 38.4 Å². The van der Waals surface area contributed by atoms with Crippen LogP contribution < -0.4 is 43.8 Å². The van der Waals surface area contributed by atoms with Crippen molar-refractivity contribution in [3.8, 4) is 0 Å². The molecule has 0 aliphatic carbocycles. The first-order valence-corrected chi connectivity index (χ1v) is 12.1. The Morgan fingerprint density at radius 1 is 0.667 bits per heavy atom. The number of aliphatic carboxylic acids is 3. The van der Waals surface area contributed by atoms with Crippen LogP contribution in [0.3, 0.4) is 0 Å². The van der Waals surface area contributed by atoms with Crippen molar-refractivity contribution in [1.82, 2.24) is 26.6 Å². The number of aliphatic imine (C=N–C) groups is 1. The molecule has 0 saturated heterocycles. The number of guanidine groups is 1. The lowest BCUT2D eigenvalue weighted by Crippen LogP contribution is -2.57. The van der Waals surface area contributed by atoms with Crippen molar-refractivity contribution in [1.29, 1.82) is 0 Å². The Morgan fingerprint density at radius 3 is 1.74 bits per heavy atom. The molecule has 0 bridgehead atoms. The molecule has 0 aromatic carbocycles. The zero-order chi connectivity index (χ0) is 32.4. The van der Waals surface area contributed by atoms with Crippen LogP contribution in [0.2, 0.25) is 0 Å². The number of hydrogen-bond donors (Lipinski definition) is 12. The van der Waals surface area contributed by atoms with Gasteiger partial charge in [-0.2, -0.15) is 0 Å². The third kappa shape index (κ3) is 16.1. The molecule has 0 radical (unpaired) electrons. The minimum atomic E-state index is -1.79. The van der Waals surface area contributed by atoms with Crippen LogP contribution in [0.4, 0.5) is 0 Å². The van der Waals surface area contributed by atoms with E-state index in [9.17, 15) is 43.5 Å². The van der Waals surface area contributed by atoms with Crippen molar-refractivity contribution in [2.24, 2.45) is 22.2 Å². The van der Waals surface area contributed by atoms with Crippen LogP contribution in [-0.4, -0.2) is 124 Å². The monoisotopic (exact) mass is 605 g/mol. The third-order valence-electron chi connectivity index (χ3n) is 4.99. The summed E-state index contributed by atoms with van der Waals surface area (Å²) in [5.41, 5.74) is 16.0. The van der Waals surface area contributed by atoms with Crippen molar-refractivity contribution in [2.45, 2.75) is 49.9 Å². The summed E-state index contributed by atoms with van der Waals surface area (Å²) < 4.78 is 0. The zero-order valence-corrected chi connectivity index (χ0v) is 22.2. The number of aliphatic hydroxyl groups is 1. The van der Waals surface area contributed by atoms with Gasteiger partial charge in [0.15, 0.2) is 5.96 Å². The van der Waals surface area contributed by atoms with Crippen molar-refractivity contribution in [2.75, 3.05) is 26.2 Å². The van der Waals surface area contributed by atoms with Gasteiger partial charge in [-0.25, -0.2) is 0 Å². The minimum absolute atomic E-state index is 0.0544. The average molecular weight is 606 g/mol. The summed E-state index contributed by atoms with van der Waals surface area (Å²) in [6.07, 6.45) is -1.64. The summed E-state index contributed by atoms with van der Waals surface area (Å²) in [5.74, 6) is -9.86. The predicted octanol–water partition coefficient (Wildman–Crippen LogP) is -6.92. The first-order chi connectivity index (χ1) is 19.6. The summed E-state index contributed by atoms with van der Waals surface area (Å²) in [7, 11) is 0. The van der Waals surface area contributed by atoms with Gasteiger partial charge in [-0.15, -0.1) is 0 Å². The van der Waals surface area contributed by atoms with Crippen LogP contribution in [0.1, 0.15) is 25.7 Å². The molecule has 15 N–H and O–H groups in total. The molecule has 0 heterocycles. The lowest BCUT2D eigenvalue weighted by Gasteiger charge is -2.22. The molecule has 0 aromatic heterocycles. The number of nitrogens with one attached hydrogen (secondary N) is 5. The summed E-state index contributed by atoms with van der Waals surface area (Å²) in [6.45, 7) is -2.60. The molecule has 0 saturated carbocycles. The first kappa shape index (κ1) is 36.9. The molecule has 0 aliphatic rings. The maximum Gasteiger partial charge on any atom is 0.322 e. The summed E-state index contributed by atoms with van der Waals surface area (Å²) in [4.78, 5) is 98.1. The van der Waals surface area contributed by atoms with Crippen molar-refractivity contribution in [3.63, 3.8) is 0 Å². The Hall–Kier alpha value is -5.05. The van der Waals surface area contributed by atoms with Gasteiger partial charge < -0.3 is 64.2 Å². The normalized spacial score (nSPS) is 13.2. The van der Waals surface area contributed by atoms with Crippen LogP contribution >= 0.6 is 0 Å². The van der Waals surface area contributed by atoms with Crippen molar-refractivity contribution in [3.05, 3.63) is 0 Å². The molecule has 21 nitrogen and oxygen atoms in total. The van der Waals surface area contributed by atoms with E-state index in [4.69, 9.17) is 32.5 Å². The fraction of sp³-hybridized carbons (Fsp3) is 0.571. The van der Waals surface area contributed by atoms with Gasteiger partial charge in [0.05, 0.1) is 32.0 Å². The molecule has 0 aromatic rings. The van der Waals surface area contributed by atoms with Gasteiger partial charge in [0.1, 0.15) is 24.7 Å². The summed E-state index contributed by atoms with van der Waals surface area (Å²) >= 11 is 0. The van der Waals surface area contributed by atoms with Crippen molar-refractivity contribution < 1.29 is 58.8 Å². The SMILES string of the molecule is NC(N)=NCCC[C@H](NC(=O)[C@@H](N)CC(=O)O)C(=O)NCC(=O)N[C@@H](CC(=O)O)C(=O)N[C@@H](CO)C(=O)NCC(=O)O. The number of carboxylic acids is 3. The average Bonchev–Trinajstić information content (AvgIpc) is 2.89. The highest BCUT2D eigenvalue weighted by Gasteiger charge is 2.29. The number of nitrogens with zero attached hydrogens (tertiary/aromatic N) is 1. The lowest BCUT2D eigenvalue weighted by atomic mass is 10.1. The first-order valence-electron chi connectivity index (χ1n) is 12.1. The van der Waals surface area contributed by atoms with Crippen LogP contribution in [0, 0.1) is 0 Å². The van der Waals surface area contributed by atoms with E-state index >= 15 is 0 Å². The smallest absolute Gasteiger partial charge is 0.322 e. The van der Waals surface area contributed by atoms with Gasteiger partial charge in [0.2, 0.25) is 29.5 Å². The standard InChI is InChI=1S/C21H35N9O12/c22-9(4-14(33)34)17(39)29-10(2-1-3-25-21(23)24)18(40)26-6-13(32)28-11(5-15(35)36)20(42)30-12(8-31)19(41)27-7-16(37)38/h9-12,31H,1-8,22H2,(H,26,40)(H,27,41)(H,28,32)(H,29,39)(H,30,42)(H,33,34)(H,35,36)(H,37,38)(H4,23,24,25)/t9-,10-,11-,12-/m0/s1. The molecule has 0 spiro atoms. The number of amides is 5.